The summed E-state index contributed by atoms with van der Waals surface area (Å²) in [6.45, 7) is 3.53. The summed E-state index contributed by atoms with van der Waals surface area (Å²) in [7, 11) is 0. The zero-order valence-electron chi connectivity index (χ0n) is 19.7. The third-order valence-corrected chi connectivity index (χ3v) is 7.24. The van der Waals surface area contributed by atoms with Gasteiger partial charge in [-0.1, -0.05) is 25.5 Å². The van der Waals surface area contributed by atoms with Crippen LogP contribution >= 0.6 is 0 Å². The van der Waals surface area contributed by atoms with Crippen LogP contribution < -0.4 is 0 Å². The van der Waals surface area contributed by atoms with Gasteiger partial charge in [0, 0.05) is 24.9 Å². The van der Waals surface area contributed by atoms with Gasteiger partial charge >= 0.3 is 12.4 Å². The molecule has 0 aliphatic carbocycles. The molecule has 36 heavy (non-hydrogen) atoms. The predicted molar refractivity (Wildman–Crippen MR) is 117 cm³/mol. The Morgan fingerprint density at radius 3 is 2.11 bits per heavy atom. The van der Waals surface area contributed by atoms with Crippen LogP contribution in [0, 0.1) is 11.7 Å². The fraction of sp³-hybridized carbons (Fsp3) is 0.500. The van der Waals surface area contributed by atoms with Gasteiger partial charge in [-0.05, 0) is 60.7 Å². The largest absolute Gasteiger partial charge is 0.416 e. The molecule has 0 aromatic heterocycles. The standard InChI is InChI=1S/C26H26F7NO2/c1-3-15-8-21-24(16-4-6-20(27)7-5-16)22(13-34(21)23(35)9-15)36-14(2)17-10-18(25(28,29)30)12-19(11-17)26(31,32)33/h4-7,10-12,14-15,21-22,24H,3,8-9,13H2,1-2H3/t14-,15?,21+,22+,24+/m1/s1. The number of hydrogen-bond acceptors (Lipinski definition) is 2. The average Bonchev–Trinajstić information content (AvgIpc) is 3.16. The van der Waals surface area contributed by atoms with E-state index >= 15 is 0 Å². The van der Waals surface area contributed by atoms with Crippen molar-refractivity contribution in [3.05, 3.63) is 70.5 Å². The van der Waals surface area contributed by atoms with Gasteiger partial charge in [-0.25, -0.2) is 4.39 Å². The third-order valence-electron chi connectivity index (χ3n) is 7.24. The van der Waals surface area contributed by atoms with Crippen LogP contribution in [0.25, 0.3) is 0 Å². The molecule has 0 radical (unpaired) electrons. The zero-order chi connectivity index (χ0) is 26.4. The molecule has 2 aromatic carbocycles. The van der Waals surface area contributed by atoms with E-state index in [2.05, 4.69) is 0 Å². The molecule has 5 atom stereocenters. The maximum atomic E-state index is 13.6. The molecule has 10 heteroatoms. The van der Waals surface area contributed by atoms with Gasteiger partial charge in [0.2, 0.25) is 5.91 Å². The molecule has 2 aliphatic rings. The molecule has 196 valence electrons. The van der Waals surface area contributed by atoms with Crippen molar-refractivity contribution in [3.63, 3.8) is 0 Å². The molecule has 2 saturated heterocycles. The Morgan fingerprint density at radius 2 is 1.58 bits per heavy atom. The fourth-order valence-electron chi connectivity index (χ4n) is 5.35. The van der Waals surface area contributed by atoms with Crippen LogP contribution in [0.4, 0.5) is 30.7 Å². The van der Waals surface area contributed by atoms with E-state index in [0.717, 1.165) is 6.42 Å². The maximum absolute atomic E-state index is 13.6. The average molecular weight is 517 g/mol. The van der Waals surface area contributed by atoms with Crippen LogP contribution in [0.2, 0.25) is 0 Å². The Hall–Kier alpha value is -2.62. The molecule has 0 spiro atoms. The van der Waals surface area contributed by atoms with Crippen molar-refractivity contribution in [1.82, 2.24) is 4.90 Å². The second-order valence-electron chi connectivity index (χ2n) is 9.56. The van der Waals surface area contributed by atoms with E-state index in [1.54, 1.807) is 17.0 Å². The predicted octanol–water partition coefficient (Wildman–Crippen LogP) is 7.12. The number of fused-ring (bicyclic) bond motifs is 1. The monoisotopic (exact) mass is 517 g/mol. The number of amides is 1. The van der Waals surface area contributed by atoms with E-state index in [9.17, 15) is 35.5 Å². The lowest BCUT2D eigenvalue weighted by atomic mass is 9.81. The second-order valence-corrected chi connectivity index (χ2v) is 9.56. The summed E-state index contributed by atoms with van der Waals surface area (Å²) in [5.41, 5.74) is -2.39. The molecule has 0 N–H and O–H groups in total. The number of rotatable bonds is 5. The smallest absolute Gasteiger partial charge is 0.368 e. The number of halogens is 7. The van der Waals surface area contributed by atoms with Crippen molar-refractivity contribution >= 4 is 5.91 Å². The SMILES string of the molecule is CCC1CC(=O)N2C[C@H](O[C@H](C)c3cc(C(F)(F)F)cc(C(F)(F)F)c3)[C@@H](c3ccc(F)cc3)[C@@H]2C1. The van der Waals surface area contributed by atoms with Crippen molar-refractivity contribution in [2.75, 3.05) is 6.54 Å². The van der Waals surface area contributed by atoms with Crippen molar-refractivity contribution < 1.29 is 40.3 Å². The summed E-state index contributed by atoms with van der Waals surface area (Å²) in [4.78, 5) is 14.5. The van der Waals surface area contributed by atoms with Gasteiger partial charge < -0.3 is 9.64 Å². The van der Waals surface area contributed by atoms with Gasteiger partial charge in [0.25, 0.3) is 0 Å². The first-order valence-corrected chi connectivity index (χ1v) is 11.8. The van der Waals surface area contributed by atoms with E-state index in [0.29, 0.717) is 30.5 Å². The van der Waals surface area contributed by atoms with E-state index < -0.39 is 47.4 Å². The van der Waals surface area contributed by atoms with Gasteiger partial charge in [0.1, 0.15) is 5.82 Å². The molecule has 4 rings (SSSR count). The number of ether oxygens (including phenoxy) is 1. The molecule has 1 unspecified atom stereocenters. The fourth-order valence-corrected chi connectivity index (χ4v) is 5.35. The van der Waals surface area contributed by atoms with Crippen molar-refractivity contribution in [2.24, 2.45) is 5.92 Å². The molecule has 2 heterocycles. The lowest BCUT2D eigenvalue weighted by molar-refractivity contribution is -0.143. The van der Waals surface area contributed by atoms with Crippen molar-refractivity contribution in [1.29, 1.82) is 0 Å². The Morgan fingerprint density at radius 1 is 1.00 bits per heavy atom. The second kappa shape index (κ2) is 9.68. The zero-order valence-corrected chi connectivity index (χ0v) is 19.7. The third kappa shape index (κ3) is 5.38. The Labute approximate surface area is 204 Å². The Bertz CT molecular complexity index is 1060. The minimum atomic E-state index is -4.97. The molecule has 2 aliphatic heterocycles. The number of benzene rings is 2. The van der Waals surface area contributed by atoms with Crippen LogP contribution in [0.3, 0.4) is 0 Å². The molecule has 1 amide bonds. The minimum Gasteiger partial charge on any atom is -0.368 e. The molecular formula is C26H26F7NO2. The normalized spacial score (nSPS) is 25.7. The van der Waals surface area contributed by atoms with Gasteiger partial charge in [0.05, 0.1) is 23.3 Å². The van der Waals surface area contributed by atoms with Gasteiger partial charge in [-0.3, -0.25) is 4.79 Å². The quantitative estimate of drug-likeness (QED) is 0.395. The molecular weight excluding hydrogens is 491 g/mol. The van der Waals surface area contributed by atoms with Gasteiger partial charge in [-0.15, -0.1) is 0 Å². The van der Waals surface area contributed by atoms with Gasteiger partial charge in [0.15, 0.2) is 0 Å². The summed E-state index contributed by atoms with van der Waals surface area (Å²) < 4.78 is 99.8. The number of hydrogen-bond donors (Lipinski definition) is 0. The van der Waals surface area contributed by atoms with Crippen LogP contribution in [0.15, 0.2) is 42.5 Å². The lowest BCUT2D eigenvalue weighted by Gasteiger charge is -2.36. The first kappa shape index (κ1) is 26.4. The molecule has 2 fully saturated rings. The number of nitrogens with zero attached hydrogens (tertiary/aromatic N) is 1. The first-order chi connectivity index (χ1) is 16.8. The highest BCUT2D eigenvalue weighted by Gasteiger charge is 2.49. The summed E-state index contributed by atoms with van der Waals surface area (Å²) in [5.74, 6) is -0.772. The number of alkyl halides is 6. The summed E-state index contributed by atoms with van der Waals surface area (Å²) in [6, 6.07) is 6.86. The number of carbonyl (C=O) groups excluding carboxylic acids is 1. The molecule has 3 nitrogen and oxygen atoms in total. The first-order valence-electron chi connectivity index (χ1n) is 11.8. The summed E-state index contributed by atoms with van der Waals surface area (Å²) >= 11 is 0. The topological polar surface area (TPSA) is 29.5 Å². The van der Waals surface area contributed by atoms with Gasteiger partial charge in [-0.2, -0.15) is 26.3 Å². The Kier molecular flexibility index (Phi) is 7.11. The summed E-state index contributed by atoms with van der Waals surface area (Å²) in [6.07, 6.45) is -9.92. The van der Waals surface area contributed by atoms with E-state index in [1.807, 2.05) is 6.92 Å². The summed E-state index contributed by atoms with van der Waals surface area (Å²) in [5, 5.41) is 0. The van der Waals surface area contributed by atoms with E-state index in [-0.39, 0.29) is 36.0 Å². The minimum absolute atomic E-state index is 0.0672. The van der Waals surface area contributed by atoms with Crippen LogP contribution in [-0.2, 0) is 21.9 Å². The van der Waals surface area contributed by atoms with Crippen molar-refractivity contribution in [2.45, 2.75) is 69.6 Å². The Balaban J connectivity index is 1.68. The number of piperidine rings is 1. The van der Waals surface area contributed by atoms with E-state index in [4.69, 9.17) is 4.74 Å². The van der Waals surface area contributed by atoms with Crippen LogP contribution in [0.1, 0.15) is 67.4 Å². The highest BCUT2D eigenvalue weighted by atomic mass is 19.4. The van der Waals surface area contributed by atoms with E-state index in [1.165, 1.54) is 19.1 Å². The van der Waals surface area contributed by atoms with Crippen LogP contribution in [-0.4, -0.2) is 29.5 Å². The number of carbonyl (C=O) groups is 1. The van der Waals surface area contributed by atoms with Crippen LogP contribution in [0.5, 0.6) is 0 Å². The maximum Gasteiger partial charge on any atom is 0.416 e. The van der Waals surface area contributed by atoms with Crippen molar-refractivity contribution in [3.8, 4) is 0 Å². The highest BCUT2D eigenvalue weighted by molar-refractivity contribution is 5.78. The highest BCUT2D eigenvalue weighted by Crippen LogP contribution is 2.45. The molecule has 2 aromatic rings. The molecule has 0 bridgehead atoms. The molecule has 0 saturated carbocycles. The lowest BCUT2D eigenvalue weighted by Crippen LogP contribution is -2.44.